The third-order valence-corrected chi connectivity index (χ3v) is 5.07. The van der Waals surface area contributed by atoms with Gasteiger partial charge in [-0.3, -0.25) is 4.79 Å². The highest BCUT2D eigenvalue weighted by atomic mass is 16.7. The van der Waals surface area contributed by atoms with E-state index >= 15 is 0 Å². The molecule has 3 aliphatic rings. The summed E-state index contributed by atoms with van der Waals surface area (Å²) in [6.07, 6.45) is 6.40. The van der Waals surface area contributed by atoms with E-state index in [1.807, 2.05) is 0 Å². The van der Waals surface area contributed by atoms with Crippen molar-refractivity contribution >= 4 is 11.9 Å². The van der Waals surface area contributed by atoms with Gasteiger partial charge < -0.3 is 25.4 Å². The predicted molar refractivity (Wildman–Crippen MR) is 83.8 cm³/mol. The molecule has 7 heteroatoms. The van der Waals surface area contributed by atoms with Gasteiger partial charge in [-0.15, -0.1) is 0 Å². The van der Waals surface area contributed by atoms with Crippen LogP contribution in [-0.2, 0) is 14.3 Å². The number of ether oxygens (including phenoxy) is 2. The van der Waals surface area contributed by atoms with E-state index in [2.05, 4.69) is 16.0 Å². The smallest absolute Gasteiger partial charge is 0.315 e. The quantitative estimate of drug-likeness (QED) is 0.719. The molecule has 0 bridgehead atoms. The summed E-state index contributed by atoms with van der Waals surface area (Å²) < 4.78 is 11.4. The van der Waals surface area contributed by atoms with Crippen LogP contribution >= 0.6 is 0 Å². The lowest BCUT2D eigenvalue weighted by molar-refractivity contribution is -0.182. The molecule has 0 aromatic heterocycles. The van der Waals surface area contributed by atoms with Crippen LogP contribution in [0.3, 0.4) is 0 Å². The molecule has 23 heavy (non-hydrogen) atoms. The van der Waals surface area contributed by atoms with Crippen molar-refractivity contribution in [2.75, 3.05) is 26.3 Å². The summed E-state index contributed by atoms with van der Waals surface area (Å²) in [5, 5.41) is 8.52. The summed E-state index contributed by atoms with van der Waals surface area (Å²) in [7, 11) is 0. The van der Waals surface area contributed by atoms with Crippen LogP contribution in [0.5, 0.6) is 0 Å². The molecule has 1 saturated carbocycles. The Kier molecular flexibility index (Phi) is 5.38. The molecule has 7 nitrogen and oxygen atoms in total. The molecule has 3 rings (SSSR count). The largest absolute Gasteiger partial charge is 0.354 e. The zero-order valence-corrected chi connectivity index (χ0v) is 13.6. The highest BCUT2D eigenvalue weighted by Crippen LogP contribution is 2.37. The maximum atomic E-state index is 12.0. The molecule has 2 saturated heterocycles. The average Bonchev–Trinajstić information content (AvgIpc) is 2.91. The lowest BCUT2D eigenvalue weighted by Gasteiger charge is -2.35. The minimum absolute atomic E-state index is 0.0761. The van der Waals surface area contributed by atoms with Crippen molar-refractivity contribution in [2.45, 2.75) is 56.8 Å². The van der Waals surface area contributed by atoms with Gasteiger partial charge in [0.15, 0.2) is 5.79 Å². The SMILES string of the molecule is O=C(NCC1CCC2(CC1)OCCO2)N[C@@H]1CCCCNC1=O. The van der Waals surface area contributed by atoms with Crippen LogP contribution in [0.2, 0.25) is 0 Å². The molecule has 3 amide bonds. The van der Waals surface area contributed by atoms with E-state index in [1.54, 1.807) is 0 Å². The van der Waals surface area contributed by atoms with Crippen LogP contribution < -0.4 is 16.0 Å². The second-order valence-corrected chi connectivity index (χ2v) is 6.74. The Balaban J connectivity index is 1.37. The van der Waals surface area contributed by atoms with Gasteiger partial charge in [0.05, 0.1) is 13.2 Å². The Bertz CT molecular complexity index is 427. The third kappa shape index (κ3) is 4.35. The van der Waals surface area contributed by atoms with Crippen molar-refractivity contribution < 1.29 is 19.1 Å². The lowest BCUT2D eigenvalue weighted by atomic mass is 9.85. The molecule has 1 spiro atoms. The highest BCUT2D eigenvalue weighted by Gasteiger charge is 2.40. The van der Waals surface area contributed by atoms with Crippen LogP contribution in [0.25, 0.3) is 0 Å². The molecule has 0 aromatic carbocycles. The van der Waals surface area contributed by atoms with Crippen LogP contribution in [-0.4, -0.2) is 50.1 Å². The van der Waals surface area contributed by atoms with Gasteiger partial charge in [-0.2, -0.15) is 0 Å². The first-order valence-electron chi connectivity index (χ1n) is 8.77. The second-order valence-electron chi connectivity index (χ2n) is 6.74. The highest BCUT2D eigenvalue weighted by molar-refractivity contribution is 5.87. The Morgan fingerprint density at radius 1 is 1.17 bits per heavy atom. The van der Waals surface area contributed by atoms with E-state index in [9.17, 15) is 9.59 Å². The van der Waals surface area contributed by atoms with E-state index in [1.165, 1.54) is 0 Å². The third-order valence-electron chi connectivity index (χ3n) is 5.07. The van der Waals surface area contributed by atoms with Crippen LogP contribution in [0, 0.1) is 5.92 Å². The van der Waals surface area contributed by atoms with Gasteiger partial charge >= 0.3 is 6.03 Å². The van der Waals surface area contributed by atoms with E-state index in [-0.39, 0.29) is 17.7 Å². The summed E-state index contributed by atoms with van der Waals surface area (Å²) in [5.41, 5.74) is 0. The second kappa shape index (κ2) is 7.49. The molecule has 3 fully saturated rings. The molecule has 0 aromatic rings. The molecule has 130 valence electrons. The molecule has 1 aliphatic carbocycles. The number of urea groups is 1. The zero-order chi connectivity index (χ0) is 16.1. The van der Waals surface area contributed by atoms with Gasteiger partial charge in [0.25, 0.3) is 0 Å². The maximum absolute atomic E-state index is 12.0. The Morgan fingerprint density at radius 3 is 2.65 bits per heavy atom. The van der Waals surface area contributed by atoms with Gasteiger partial charge in [-0.05, 0) is 38.0 Å². The van der Waals surface area contributed by atoms with Gasteiger partial charge in [0, 0.05) is 25.9 Å². The van der Waals surface area contributed by atoms with Gasteiger partial charge in [0.1, 0.15) is 6.04 Å². The van der Waals surface area contributed by atoms with Crippen molar-refractivity contribution in [3.05, 3.63) is 0 Å². The Morgan fingerprint density at radius 2 is 1.91 bits per heavy atom. The summed E-state index contributed by atoms with van der Waals surface area (Å²) in [5.74, 6) is 0.0203. The van der Waals surface area contributed by atoms with Crippen LogP contribution in [0.1, 0.15) is 44.9 Å². The fraction of sp³-hybridized carbons (Fsp3) is 0.875. The summed E-state index contributed by atoms with van der Waals surface area (Å²) in [4.78, 5) is 23.8. The van der Waals surface area contributed by atoms with E-state index < -0.39 is 6.04 Å². The first-order valence-corrected chi connectivity index (χ1v) is 8.77. The first kappa shape index (κ1) is 16.5. The molecule has 0 radical (unpaired) electrons. The lowest BCUT2D eigenvalue weighted by Crippen LogP contribution is -2.50. The molecule has 0 unspecified atom stereocenters. The minimum Gasteiger partial charge on any atom is -0.354 e. The summed E-state index contributed by atoms with van der Waals surface area (Å²) in [6, 6.07) is -0.659. The minimum atomic E-state index is -0.410. The van der Waals surface area contributed by atoms with Crippen molar-refractivity contribution in [1.29, 1.82) is 0 Å². The number of nitrogens with one attached hydrogen (secondary N) is 3. The molecular formula is C16H27N3O4. The van der Waals surface area contributed by atoms with Crippen molar-refractivity contribution in [1.82, 2.24) is 16.0 Å². The Hall–Kier alpha value is -1.34. The average molecular weight is 325 g/mol. The van der Waals surface area contributed by atoms with Crippen molar-refractivity contribution in [2.24, 2.45) is 5.92 Å². The molecule has 2 heterocycles. The van der Waals surface area contributed by atoms with E-state index in [4.69, 9.17) is 9.47 Å². The normalized spacial score (nSPS) is 28.2. The fourth-order valence-corrected chi connectivity index (χ4v) is 3.63. The number of carbonyl (C=O) groups is 2. The van der Waals surface area contributed by atoms with Crippen LogP contribution in [0.4, 0.5) is 4.79 Å². The number of rotatable bonds is 3. The number of hydrogen-bond acceptors (Lipinski definition) is 4. The summed E-state index contributed by atoms with van der Waals surface area (Å²) >= 11 is 0. The topological polar surface area (TPSA) is 88.7 Å². The van der Waals surface area contributed by atoms with E-state index in [0.29, 0.717) is 38.6 Å². The molecule has 2 aliphatic heterocycles. The maximum Gasteiger partial charge on any atom is 0.315 e. The number of hydrogen-bond donors (Lipinski definition) is 3. The Labute approximate surface area is 136 Å². The summed E-state index contributed by atoms with van der Waals surface area (Å²) in [6.45, 7) is 2.71. The molecule has 3 N–H and O–H groups in total. The van der Waals surface area contributed by atoms with Crippen molar-refractivity contribution in [3.8, 4) is 0 Å². The standard InChI is InChI=1S/C16H27N3O4/c20-14-13(3-1-2-8-17-14)19-15(21)18-11-12-4-6-16(7-5-12)22-9-10-23-16/h12-13H,1-11H2,(H,17,20)(H2,18,19,21)/t13-/m1/s1. The van der Waals surface area contributed by atoms with Gasteiger partial charge in [-0.25, -0.2) is 4.79 Å². The first-order chi connectivity index (χ1) is 11.2. The van der Waals surface area contributed by atoms with Crippen molar-refractivity contribution in [3.63, 3.8) is 0 Å². The monoisotopic (exact) mass is 325 g/mol. The van der Waals surface area contributed by atoms with Gasteiger partial charge in [-0.1, -0.05) is 0 Å². The zero-order valence-electron chi connectivity index (χ0n) is 13.6. The molecule has 1 atom stereocenters. The van der Waals surface area contributed by atoms with Crippen LogP contribution in [0.15, 0.2) is 0 Å². The number of carbonyl (C=O) groups excluding carboxylic acids is 2. The predicted octanol–water partition coefficient (Wildman–Crippen LogP) is 0.888. The van der Waals surface area contributed by atoms with Gasteiger partial charge in [0.2, 0.25) is 5.91 Å². The number of amides is 3. The van der Waals surface area contributed by atoms with E-state index in [0.717, 1.165) is 38.5 Å². The fourth-order valence-electron chi connectivity index (χ4n) is 3.63. The molecular weight excluding hydrogens is 298 g/mol.